The lowest BCUT2D eigenvalue weighted by Gasteiger charge is -2.30. The third-order valence-corrected chi connectivity index (χ3v) is 5.44. The molecule has 1 fully saturated rings. The molecule has 0 saturated carbocycles. The van der Waals surface area contributed by atoms with E-state index < -0.39 is 5.63 Å². The first-order chi connectivity index (χ1) is 13.0. The summed E-state index contributed by atoms with van der Waals surface area (Å²) in [5.41, 5.74) is 2.26. The molecule has 4 nitrogen and oxygen atoms in total. The number of hydrogen-bond donors (Lipinski definition) is 0. The van der Waals surface area contributed by atoms with E-state index in [4.69, 9.17) is 4.42 Å². The minimum Gasteiger partial charge on any atom is -0.416 e. The summed E-state index contributed by atoms with van der Waals surface area (Å²) in [6.07, 6.45) is 1.95. The zero-order valence-corrected chi connectivity index (χ0v) is 15.7. The Morgan fingerprint density at radius 3 is 2.30 bits per heavy atom. The Morgan fingerprint density at radius 2 is 1.63 bits per heavy atom. The number of nitrogens with zero attached hydrogens (tertiary/aromatic N) is 1. The van der Waals surface area contributed by atoms with Crippen molar-refractivity contribution in [1.29, 1.82) is 0 Å². The number of fused-ring (bicyclic) bond motifs is 1. The molecule has 2 aromatic carbocycles. The molecule has 0 bridgehead atoms. The van der Waals surface area contributed by atoms with Crippen LogP contribution in [0, 0.1) is 12.8 Å². The van der Waals surface area contributed by atoms with Gasteiger partial charge in [0, 0.05) is 24.0 Å². The highest BCUT2D eigenvalue weighted by molar-refractivity contribution is 6.07. The number of piperidine rings is 1. The van der Waals surface area contributed by atoms with Crippen LogP contribution in [0.15, 0.2) is 57.7 Å². The van der Waals surface area contributed by atoms with Crippen molar-refractivity contribution in [2.24, 2.45) is 5.92 Å². The Labute approximate surface area is 158 Å². The largest absolute Gasteiger partial charge is 0.416 e. The van der Waals surface area contributed by atoms with Crippen molar-refractivity contribution in [1.82, 2.24) is 4.90 Å². The molecule has 0 unspecified atom stereocenters. The van der Waals surface area contributed by atoms with Crippen LogP contribution in [0.3, 0.4) is 0 Å². The van der Waals surface area contributed by atoms with Crippen LogP contribution in [0.4, 0.5) is 0 Å². The van der Waals surface area contributed by atoms with Crippen LogP contribution in [0.2, 0.25) is 0 Å². The summed E-state index contributed by atoms with van der Waals surface area (Å²) in [7, 11) is 0. The lowest BCUT2D eigenvalue weighted by atomic mass is 9.95. The van der Waals surface area contributed by atoms with Gasteiger partial charge >= 0.3 is 5.63 Å². The molecule has 2 heterocycles. The second-order valence-corrected chi connectivity index (χ2v) is 7.48. The van der Waals surface area contributed by atoms with Gasteiger partial charge in [-0.1, -0.05) is 55.0 Å². The smallest absolute Gasteiger partial charge is 0.344 e. The van der Waals surface area contributed by atoms with Gasteiger partial charge in [0.05, 0.1) is 5.39 Å². The van der Waals surface area contributed by atoms with Gasteiger partial charge in [-0.25, -0.2) is 4.79 Å². The fourth-order valence-corrected chi connectivity index (χ4v) is 3.71. The van der Waals surface area contributed by atoms with Crippen LogP contribution < -0.4 is 5.63 Å². The maximum atomic E-state index is 13.3. The van der Waals surface area contributed by atoms with E-state index in [0.717, 1.165) is 29.4 Å². The predicted molar refractivity (Wildman–Crippen MR) is 107 cm³/mol. The number of aryl methyl sites for hydroxylation is 1. The minimum absolute atomic E-state index is 0.150. The zero-order valence-electron chi connectivity index (χ0n) is 15.7. The molecular weight excluding hydrogens is 338 g/mol. The van der Waals surface area contributed by atoms with Gasteiger partial charge in [-0.3, -0.25) is 4.79 Å². The van der Waals surface area contributed by atoms with Gasteiger partial charge < -0.3 is 9.32 Å². The van der Waals surface area contributed by atoms with Gasteiger partial charge in [-0.15, -0.1) is 0 Å². The van der Waals surface area contributed by atoms with Gasteiger partial charge in [-0.2, -0.15) is 0 Å². The topological polar surface area (TPSA) is 50.5 Å². The monoisotopic (exact) mass is 361 g/mol. The van der Waals surface area contributed by atoms with Crippen molar-refractivity contribution in [3.63, 3.8) is 0 Å². The van der Waals surface area contributed by atoms with Crippen molar-refractivity contribution >= 4 is 16.7 Å². The van der Waals surface area contributed by atoms with Gasteiger partial charge in [-0.05, 0) is 37.3 Å². The maximum absolute atomic E-state index is 13.3. The van der Waals surface area contributed by atoms with Crippen molar-refractivity contribution in [2.45, 2.75) is 26.7 Å². The Balaban J connectivity index is 1.91. The molecule has 1 aliphatic heterocycles. The number of carbonyl (C=O) groups is 1. The molecule has 0 atom stereocenters. The standard InChI is InChI=1S/C23H23NO3/c1-15-7-9-17(10-8-15)20-18-5-3-4-6-19(18)23(26)27-21(20)22(25)24-13-11-16(2)12-14-24/h3-10,16H,11-14H2,1-2H3. The highest BCUT2D eigenvalue weighted by Gasteiger charge is 2.27. The van der Waals surface area contributed by atoms with E-state index in [1.54, 1.807) is 6.07 Å². The molecule has 0 aliphatic carbocycles. The first-order valence-electron chi connectivity index (χ1n) is 9.47. The quantitative estimate of drug-likeness (QED) is 0.668. The number of amides is 1. The average molecular weight is 361 g/mol. The van der Waals surface area contributed by atoms with Gasteiger partial charge in [0.25, 0.3) is 5.91 Å². The zero-order chi connectivity index (χ0) is 19.0. The molecule has 27 heavy (non-hydrogen) atoms. The maximum Gasteiger partial charge on any atom is 0.344 e. The van der Waals surface area contributed by atoms with E-state index in [0.29, 0.717) is 30.0 Å². The number of hydrogen-bond acceptors (Lipinski definition) is 3. The van der Waals surface area contributed by atoms with E-state index in [2.05, 4.69) is 6.92 Å². The SMILES string of the molecule is Cc1ccc(-c2c(C(=O)N3CCC(C)CC3)oc(=O)c3ccccc23)cc1. The Hall–Kier alpha value is -2.88. The van der Waals surface area contributed by atoms with Crippen LogP contribution >= 0.6 is 0 Å². The highest BCUT2D eigenvalue weighted by Crippen LogP contribution is 2.32. The third kappa shape index (κ3) is 3.27. The third-order valence-electron chi connectivity index (χ3n) is 5.44. The van der Waals surface area contributed by atoms with Crippen LogP contribution in [0.25, 0.3) is 21.9 Å². The highest BCUT2D eigenvalue weighted by atomic mass is 16.4. The predicted octanol–water partition coefficient (Wildman–Crippen LogP) is 4.64. The Bertz CT molecular complexity index is 1040. The molecule has 1 aliphatic rings. The number of rotatable bonds is 2. The number of carbonyl (C=O) groups excluding carboxylic acids is 1. The summed E-state index contributed by atoms with van der Waals surface area (Å²) in [5, 5.41) is 1.25. The lowest BCUT2D eigenvalue weighted by Crippen LogP contribution is -2.38. The van der Waals surface area contributed by atoms with Gasteiger partial charge in [0.1, 0.15) is 0 Å². The number of benzene rings is 2. The average Bonchev–Trinajstić information content (AvgIpc) is 2.69. The Kier molecular flexibility index (Phi) is 4.56. The molecule has 4 heteroatoms. The molecule has 0 spiro atoms. The first-order valence-corrected chi connectivity index (χ1v) is 9.47. The summed E-state index contributed by atoms with van der Waals surface area (Å²) in [6, 6.07) is 15.3. The molecule has 0 radical (unpaired) electrons. The summed E-state index contributed by atoms with van der Waals surface area (Å²) < 4.78 is 5.60. The van der Waals surface area contributed by atoms with Gasteiger partial charge in [0.15, 0.2) is 0 Å². The van der Waals surface area contributed by atoms with E-state index in [9.17, 15) is 9.59 Å². The molecule has 1 aromatic heterocycles. The van der Waals surface area contributed by atoms with Crippen molar-refractivity contribution in [3.8, 4) is 11.1 Å². The van der Waals surface area contributed by atoms with Gasteiger partial charge in [0.2, 0.25) is 5.76 Å². The molecular formula is C23H23NO3. The number of likely N-dealkylation sites (tertiary alicyclic amines) is 1. The molecule has 1 saturated heterocycles. The molecule has 4 rings (SSSR count). The first kappa shape index (κ1) is 17.5. The van der Waals surface area contributed by atoms with Crippen LogP contribution in [-0.4, -0.2) is 23.9 Å². The Morgan fingerprint density at radius 1 is 1.00 bits per heavy atom. The second-order valence-electron chi connectivity index (χ2n) is 7.48. The van der Waals surface area contributed by atoms with E-state index in [1.165, 1.54) is 0 Å². The van der Waals surface area contributed by atoms with Crippen LogP contribution in [-0.2, 0) is 0 Å². The fraction of sp³-hybridized carbons (Fsp3) is 0.304. The fourth-order valence-electron chi connectivity index (χ4n) is 3.71. The molecule has 138 valence electrons. The van der Waals surface area contributed by atoms with E-state index >= 15 is 0 Å². The summed E-state index contributed by atoms with van der Waals surface area (Å²) >= 11 is 0. The lowest BCUT2D eigenvalue weighted by molar-refractivity contribution is 0.0662. The van der Waals surface area contributed by atoms with Crippen molar-refractivity contribution in [2.75, 3.05) is 13.1 Å². The molecule has 1 amide bonds. The normalized spacial score (nSPS) is 15.3. The van der Waals surface area contributed by atoms with E-state index in [1.807, 2.05) is 54.3 Å². The summed E-state index contributed by atoms with van der Waals surface area (Å²) in [6.45, 7) is 5.62. The minimum atomic E-state index is -0.463. The summed E-state index contributed by atoms with van der Waals surface area (Å²) in [5.74, 6) is 0.576. The second kappa shape index (κ2) is 7.03. The van der Waals surface area contributed by atoms with Crippen LogP contribution in [0.5, 0.6) is 0 Å². The summed E-state index contributed by atoms with van der Waals surface area (Å²) in [4.78, 5) is 27.6. The van der Waals surface area contributed by atoms with Crippen molar-refractivity contribution < 1.29 is 9.21 Å². The van der Waals surface area contributed by atoms with Crippen molar-refractivity contribution in [3.05, 3.63) is 70.3 Å². The molecule has 0 N–H and O–H groups in total. The molecule has 3 aromatic rings. The van der Waals surface area contributed by atoms with E-state index in [-0.39, 0.29) is 11.7 Å². The van der Waals surface area contributed by atoms with Crippen LogP contribution in [0.1, 0.15) is 35.9 Å².